The van der Waals surface area contributed by atoms with Crippen molar-refractivity contribution in [2.75, 3.05) is 32.8 Å². The molecule has 1 heterocycles. The molecule has 1 saturated carbocycles. The van der Waals surface area contributed by atoms with Gasteiger partial charge in [0.05, 0.1) is 25.9 Å². The van der Waals surface area contributed by atoms with Crippen molar-refractivity contribution in [1.82, 2.24) is 10.2 Å². The Labute approximate surface area is 89.4 Å². The number of hydrogen-bond donors (Lipinski definition) is 2. The predicted octanol–water partition coefficient (Wildman–Crippen LogP) is -1.04. The van der Waals surface area contributed by atoms with Crippen LogP contribution in [-0.2, 0) is 9.53 Å². The predicted molar refractivity (Wildman–Crippen MR) is 54.4 cm³/mol. The SMILES string of the molecule is O=C(CNC1CC(O)C1)N1CCOCC1. The van der Waals surface area contributed by atoms with Gasteiger partial charge in [0.1, 0.15) is 0 Å². The second-order valence-corrected chi connectivity index (χ2v) is 4.20. The molecule has 2 rings (SSSR count). The van der Waals surface area contributed by atoms with Crippen LogP contribution in [0.2, 0.25) is 0 Å². The molecule has 0 aromatic heterocycles. The molecule has 2 fully saturated rings. The van der Waals surface area contributed by atoms with Gasteiger partial charge in [0.25, 0.3) is 0 Å². The molecule has 5 heteroatoms. The standard InChI is InChI=1S/C10H18N2O3/c13-9-5-8(6-9)11-7-10(14)12-1-3-15-4-2-12/h8-9,11,13H,1-7H2. The number of ether oxygens (including phenoxy) is 1. The number of aliphatic hydroxyl groups is 1. The Morgan fingerprint density at radius 2 is 2.07 bits per heavy atom. The summed E-state index contributed by atoms with van der Waals surface area (Å²) in [6.45, 7) is 3.08. The van der Waals surface area contributed by atoms with E-state index in [0.29, 0.717) is 38.9 Å². The Hall–Kier alpha value is -0.650. The summed E-state index contributed by atoms with van der Waals surface area (Å²) in [6, 6.07) is 0.324. The molecule has 1 saturated heterocycles. The highest BCUT2D eigenvalue weighted by molar-refractivity contribution is 5.78. The van der Waals surface area contributed by atoms with Gasteiger partial charge in [-0.2, -0.15) is 0 Å². The molecule has 15 heavy (non-hydrogen) atoms. The average molecular weight is 214 g/mol. The normalized spacial score (nSPS) is 31.1. The van der Waals surface area contributed by atoms with Gasteiger partial charge in [-0.1, -0.05) is 0 Å². The Morgan fingerprint density at radius 3 is 2.67 bits per heavy atom. The van der Waals surface area contributed by atoms with E-state index >= 15 is 0 Å². The lowest BCUT2D eigenvalue weighted by atomic mass is 9.89. The zero-order chi connectivity index (χ0) is 10.7. The number of nitrogens with one attached hydrogen (secondary N) is 1. The quantitative estimate of drug-likeness (QED) is 0.630. The van der Waals surface area contributed by atoms with Crippen molar-refractivity contribution >= 4 is 5.91 Å². The molecule has 1 aliphatic carbocycles. The second-order valence-electron chi connectivity index (χ2n) is 4.20. The number of rotatable bonds is 3. The number of carbonyl (C=O) groups is 1. The van der Waals surface area contributed by atoms with Crippen LogP contribution in [0.15, 0.2) is 0 Å². The summed E-state index contributed by atoms with van der Waals surface area (Å²) < 4.78 is 5.17. The molecule has 86 valence electrons. The van der Waals surface area contributed by atoms with Gasteiger partial charge in [0.15, 0.2) is 0 Å². The van der Waals surface area contributed by atoms with Crippen molar-refractivity contribution in [1.29, 1.82) is 0 Å². The minimum absolute atomic E-state index is 0.139. The third-order valence-corrected chi connectivity index (χ3v) is 3.02. The number of hydrogen-bond acceptors (Lipinski definition) is 4. The van der Waals surface area contributed by atoms with Crippen LogP contribution in [0.4, 0.5) is 0 Å². The molecule has 2 N–H and O–H groups in total. The van der Waals surface area contributed by atoms with Crippen LogP contribution in [0.3, 0.4) is 0 Å². The lowest BCUT2D eigenvalue weighted by Gasteiger charge is -2.33. The molecular formula is C10H18N2O3. The highest BCUT2D eigenvalue weighted by Crippen LogP contribution is 2.18. The first kappa shape index (κ1) is 10.9. The summed E-state index contributed by atoms with van der Waals surface area (Å²) in [5, 5.41) is 12.2. The Kier molecular flexibility index (Phi) is 3.56. The van der Waals surface area contributed by atoms with Crippen molar-refractivity contribution in [3.05, 3.63) is 0 Å². The first-order valence-electron chi connectivity index (χ1n) is 5.52. The molecule has 0 unspecified atom stereocenters. The maximum atomic E-state index is 11.7. The van der Waals surface area contributed by atoms with E-state index in [-0.39, 0.29) is 12.0 Å². The van der Waals surface area contributed by atoms with Gasteiger partial charge in [-0.25, -0.2) is 0 Å². The largest absolute Gasteiger partial charge is 0.393 e. The molecule has 5 nitrogen and oxygen atoms in total. The Balaban J connectivity index is 1.63. The van der Waals surface area contributed by atoms with Gasteiger partial charge >= 0.3 is 0 Å². The summed E-state index contributed by atoms with van der Waals surface area (Å²) in [5.74, 6) is 0.139. The molecular weight excluding hydrogens is 196 g/mol. The van der Waals surface area contributed by atoms with Crippen molar-refractivity contribution in [2.45, 2.75) is 25.0 Å². The second kappa shape index (κ2) is 4.92. The van der Waals surface area contributed by atoms with Crippen LogP contribution in [0.5, 0.6) is 0 Å². The van der Waals surface area contributed by atoms with E-state index < -0.39 is 0 Å². The fraction of sp³-hybridized carbons (Fsp3) is 0.900. The average Bonchev–Trinajstić information content (AvgIpc) is 2.23. The van der Waals surface area contributed by atoms with E-state index in [9.17, 15) is 4.79 Å². The summed E-state index contributed by atoms with van der Waals surface area (Å²) >= 11 is 0. The molecule has 1 amide bonds. The van der Waals surface area contributed by atoms with E-state index in [0.717, 1.165) is 12.8 Å². The highest BCUT2D eigenvalue weighted by atomic mass is 16.5. The zero-order valence-corrected chi connectivity index (χ0v) is 8.82. The van der Waals surface area contributed by atoms with Crippen LogP contribution >= 0.6 is 0 Å². The summed E-state index contributed by atoms with van der Waals surface area (Å²) in [7, 11) is 0. The zero-order valence-electron chi connectivity index (χ0n) is 8.82. The highest BCUT2D eigenvalue weighted by Gasteiger charge is 2.27. The first-order chi connectivity index (χ1) is 7.25. The number of amides is 1. The van der Waals surface area contributed by atoms with Crippen molar-refractivity contribution in [3.8, 4) is 0 Å². The van der Waals surface area contributed by atoms with Crippen LogP contribution < -0.4 is 5.32 Å². The van der Waals surface area contributed by atoms with Gasteiger partial charge in [-0.05, 0) is 12.8 Å². The third-order valence-electron chi connectivity index (χ3n) is 3.02. The van der Waals surface area contributed by atoms with E-state index in [1.807, 2.05) is 4.90 Å². The van der Waals surface area contributed by atoms with E-state index in [4.69, 9.17) is 9.84 Å². The molecule has 0 aromatic rings. The van der Waals surface area contributed by atoms with Gasteiger partial charge < -0.3 is 20.1 Å². The molecule has 0 spiro atoms. The monoisotopic (exact) mass is 214 g/mol. The molecule has 1 aliphatic heterocycles. The molecule has 0 atom stereocenters. The van der Waals surface area contributed by atoms with E-state index in [1.165, 1.54) is 0 Å². The number of carbonyl (C=O) groups excluding carboxylic acids is 1. The fourth-order valence-electron chi connectivity index (χ4n) is 1.91. The number of nitrogens with zero attached hydrogens (tertiary/aromatic N) is 1. The molecule has 2 aliphatic rings. The van der Waals surface area contributed by atoms with Gasteiger partial charge in [-0.15, -0.1) is 0 Å². The van der Waals surface area contributed by atoms with Gasteiger partial charge in [0, 0.05) is 19.1 Å². The first-order valence-corrected chi connectivity index (χ1v) is 5.52. The maximum absolute atomic E-state index is 11.7. The summed E-state index contributed by atoms with van der Waals surface area (Å²) in [6.07, 6.45) is 1.38. The minimum Gasteiger partial charge on any atom is -0.393 e. The van der Waals surface area contributed by atoms with Crippen LogP contribution in [0.1, 0.15) is 12.8 Å². The number of morpholine rings is 1. The minimum atomic E-state index is -0.166. The van der Waals surface area contributed by atoms with Crippen LogP contribution in [0.25, 0.3) is 0 Å². The van der Waals surface area contributed by atoms with Crippen LogP contribution in [0, 0.1) is 0 Å². The van der Waals surface area contributed by atoms with Crippen molar-refractivity contribution in [2.24, 2.45) is 0 Å². The smallest absolute Gasteiger partial charge is 0.236 e. The van der Waals surface area contributed by atoms with E-state index in [2.05, 4.69) is 5.32 Å². The lowest BCUT2D eigenvalue weighted by Crippen LogP contribution is -2.50. The molecule has 0 bridgehead atoms. The maximum Gasteiger partial charge on any atom is 0.236 e. The summed E-state index contributed by atoms with van der Waals surface area (Å²) in [4.78, 5) is 13.5. The van der Waals surface area contributed by atoms with Gasteiger partial charge in [0.2, 0.25) is 5.91 Å². The third kappa shape index (κ3) is 2.90. The molecule has 0 radical (unpaired) electrons. The fourth-order valence-corrected chi connectivity index (χ4v) is 1.91. The van der Waals surface area contributed by atoms with Gasteiger partial charge in [-0.3, -0.25) is 4.79 Å². The van der Waals surface area contributed by atoms with Crippen molar-refractivity contribution in [3.63, 3.8) is 0 Å². The summed E-state index contributed by atoms with van der Waals surface area (Å²) in [5.41, 5.74) is 0. The van der Waals surface area contributed by atoms with E-state index in [1.54, 1.807) is 0 Å². The number of aliphatic hydroxyl groups excluding tert-OH is 1. The lowest BCUT2D eigenvalue weighted by molar-refractivity contribution is -0.134. The Morgan fingerprint density at radius 1 is 1.40 bits per heavy atom. The Bertz CT molecular complexity index is 223. The van der Waals surface area contributed by atoms with Crippen molar-refractivity contribution < 1.29 is 14.6 Å². The van der Waals surface area contributed by atoms with Crippen LogP contribution in [-0.4, -0.2) is 60.9 Å². The topological polar surface area (TPSA) is 61.8 Å². The molecule has 0 aromatic carbocycles.